The number of primary amides is 1. The first-order valence-electron chi connectivity index (χ1n) is 6.46. The zero-order valence-electron chi connectivity index (χ0n) is 11.8. The van der Waals surface area contributed by atoms with Crippen LogP contribution in [0.3, 0.4) is 0 Å². The van der Waals surface area contributed by atoms with Crippen LogP contribution in [-0.4, -0.2) is 32.4 Å². The number of nitrogens with zero attached hydrogens (tertiary/aromatic N) is 4. The largest absolute Gasteiger partial charge is 0.484 e. The standard InChI is InChI=1S/C14H13N5O3/c1-19-7-10(6-16-19)14-17-13(18-22-14)9-2-4-11(5-3-9)21-8-12(15)20/h2-7H,8H2,1H3,(H2,15,20). The van der Waals surface area contributed by atoms with E-state index in [9.17, 15) is 4.79 Å². The fourth-order valence-electron chi connectivity index (χ4n) is 1.84. The molecule has 22 heavy (non-hydrogen) atoms. The molecule has 3 rings (SSSR count). The zero-order chi connectivity index (χ0) is 15.5. The van der Waals surface area contributed by atoms with Gasteiger partial charge in [-0.2, -0.15) is 10.1 Å². The normalized spacial score (nSPS) is 10.6. The Bertz CT molecular complexity index is 791. The molecule has 0 aliphatic carbocycles. The number of hydrogen-bond donors (Lipinski definition) is 1. The number of aryl methyl sites for hydroxylation is 1. The van der Waals surface area contributed by atoms with Crippen molar-refractivity contribution in [3.05, 3.63) is 36.7 Å². The molecule has 0 saturated carbocycles. The summed E-state index contributed by atoms with van der Waals surface area (Å²) >= 11 is 0. The number of nitrogens with two attached hydrogens (primary N) is 1. The number of hydrogen-bond acceptors (Lipinski definition) is 6. The molecule has 0 radical (unpaired) electrons. The Hall–Kier alpha value is -3.16. The molecule has 0 aliphatic heterocycles. The van der Waals surface area contributed by atoms with Crippen molar-refractivity contribution in [2.24, 2.45) is 12.8 Å². The Morgan fingerprint density at radius 3 is 2.73 bits per heavy atom. The quantitative estimate of drug-likeness (QED) is 0.752. The number of aromatic nitrogens is 4. The van der Waals surface area contributed by atoms with Crippen LogP contribution >= 0.6 is 0 Å². The molecule has 112 valence electrons. The fourth-order valence-corrected chi connectivity index (χ4v) is 1.84. The van der Waals surface area contributed by atoms with E-state index in [4.69, 9.17) is 15.0 Å². The molecule has 2 heterocycles. The van der Waals surface area contributed by atoms with Gasteiger partial charge in [-0.3, -0.25) is 9.48 Å². The van der Waals surface area contributed by atoms with Crippen LogP contribution in [-0.2, 0) is 11.8 Å². The minimum atomic E-state index is -0.525. The van der Waals surface area contributed by atoms with E-state index in [1.807, 2.05) is 7.05 Å². The summed E-state index contributed by atoms with van der Waals surface area (Å²) in [5.41, 5.74) is 6.54. The van der Waals surface area contributed by atoms with E-state index < -0.39 is 5.91 Å². The maximum absolute atomic E-state index is 10.7. The summed E-state index contributed by atoms with van der Waals surface area (Å²) in [6.45, 7) is -0.160. The van der Waals surface area contributed by atoms with Gasteiger partial charge in [0, 0.05) is 18.8 Å². The molecule has 0 fully saturated rings. The van der Waals surface area contributed by atoms with Crippen LogP contribution in [0.25, 0.3) is 22.8 Å². The third-order valence-corrected chi connectivity index (χ3v) is 2.87. The van der Waals surface area contributed by atoms with Crippen LogP contribution in [0.5, 0.6) is 5.75 Å². The summed E-state index contributed by atoms with van der Waals surface area (Å²) in [5.74, 6) is 0.874. The number of rotatable bonds is 5. The Labute approximate surface area is 125 Å². The van der Waals surface area contributed by atoms with Gasteiger partial charge in [-0.15, -0.1) is 0 Å². The monoisotopic (exact) mass is 299 g/mol. The lowest BCUT2D eigenvalue weighted by Gasteiger charge is -2.03. The summed E-state index contributed by atoms with van der Waals surface area (Å²) < 4.78 is 12.1. The number of amides is 1. The second kappa shape index (κ2) is 5.68. The number of carbonyl (C=O) groups excluding carboxylic acids is 1. The Kier molecular flexibility index (Phi) is 3.57. The average molecular weight is 299 g/mol. The molecule has 0 bridgehead atoms. The zero-order valence-corrected chi connectivity index (χ0v) is 11.8. The lowest BCUT2D eigenvalue weighted by molar-refractivity contribution is -0.119. The van der Waals surface area contributed by atoms with Gasteiger partial charge in [0.25, 0.3) is 11.8 Å². The maximum Gasteiger partial charge on any atom is 0.261 e. The van der Waals surface area contributed by atoms with Crippen molar-refractivity contribution in [2.45, 2.75) is 0 Å². The molecule has 8 heteroatoms. The second-order valence-corrected chi connectivity index (χ2v) is 4.61. The molecule has 0 spiro atoms. The van der Waals surface area contributed by atoms with Crippen molar-refractivity contribution in [2.75, 3.05) is 6.61 Å². The van der Waals surface area contributed by atoms with Crippen LogP contribution in [0.2, 0.25) is 0 Å². The molecule has 3 aromatic rings. The predicted molar refractivity (Wildman–Crippen MR) is 76.6 cm³/mol. The van der Waals surface area contributed by atoms with Gasteiger partial charge < -0.3 is 15.0 Å². The van der Waals surface area contributed by atoms with Gasteiger partial charge in [-0.1, -0.05) is 5.16 Å². The molecule has 2 N–H and O–H groups in total. The van der Waals surface area contributed by atoms with Gasteiger partial charge in [-0.25, -0.2) is 0 Å². The lowest BCUT2D eigenvalue weighted by Crippen LogP contribution is -2.19. The third kappa shape index (κ3) is 2.95. The first-order valence-corrected chi connectivity index (χ1v) is 6.46. The van der Waals surface area contributed by atoms with Crippen LogP contribution in [0, 0.1) is 0 Å². The first kappa shape index (κ1) is 13.8. The smallest absolute Gasteiger partial charge is 0.261 e. The van der Waals surface area contributed by atoms with E-state index in [0.29, 0.717) is 17.5 Å². The van der Waals surface area contributed by atoms with Crippen molar-refractivity contribution in [3.8, 4) is 28.6 Å². The topological polar surface area (TPSA) is 109 Å². The average Bonchev–Trinajstić information content (AvgIpc) is 3.14. The summed E-state index contributed by atoms with van der Waals surface area (Å²) in [6.07, 6.45) is 3.44. The van der Waals surface area contributed by atoms with Crippen molar-refractivity contribution in [1.82, 2.24) is 19.9 Å². The Morgan fingerprint density at radius 2 is 2.09 bits per heavy atom. The molecule has 0 atom stereocenters. The number of benzene rings is 1. The van der Waals surface area contributed by atoms with E-state index in [-0.39, 0.29) is 6.61 Å². The van der Waals surface area contributed by atoms with E-state index in [1.165, 1.54) is 0 Å². The van der Waals surface area contributed by atoms with Gasteiger partial charge >= 0.3 is 0 Å². The molecule has 1 amide bonds. The minimum absolute atomic E-state index is 0.160. The third-order valence-electron chi connectivity index (χ3n) is 2.87. The van der Waals surface area contributed by atoms with Gasteiger partial charge in [0.15, 0.2) is 6.61 Å². The van der Waals surface area contributed by atoms with Crippen molar-refractivity contribution >= 4 is 5.91 Å². The molecule has 8 nitrogen and oxygen atoms in total. The highest BCUT2D eigenvalue weighted by atomic mass is 16.5. The van der Waals surface area contributed by atoms with E-state index in [2.05, 4.69) is 15.2 Å². The van der Waals surface area contributed by atoms with E-state index >= 15 is 0 Å². The highest BCUT2D eigenvalue weighted by Crippen LogP contribution is 2.23. The van der Waals surface area contributed by atoms with Crippen molar-refractivity contribution < 1.29 is 14.1 Å². The first-order chi connectivity index (χ1) is 10.6. The van der Waals surface area contributed by atoms with Crippen LogP contribution < -0.4 is 10.5 Å². The second-order valence-electron chi connectivity index (χ2n) is 4.61. The number of ether oxygens (including phenoxy) is 1. The predicted octanol–water partition coefficient (Wildman–Crippen LogP) is 1.00. The summed E-state index contributed by atoms with van der Waals surface area (Å²) in [6, 6.07) is 6.96. The summed E-state index contributed by atoms with van der Waals surface area (Å²) in [4.78, 5) is 15.0. The fraction of sp³-hybridized carbons (Fsp3) is 0.143. The molecular formula is C14H13N5O3. The Balaban J connectivity index is 1.77. The van der Waals surface area contributed by atoms with Gasteiger partial charge in [0.2, 0.25) is 5.82 Å². The highest BCUT2D eigenvalue weighted by molar-refractivity contribution is 5.75. The maximum atomic E-state index is 10.7. The SMILES string of the molecule is Cn1cc(-c2nc(-c3ccc(OCC(N)=O)cc3)no2)cn1. The molecular weight excluding hydrogens is 286 g/mol. The van der Waals surface area contributed by atoms with E-state index in [1.54, 1.807) is 41.3 Å². The summed E-state index contributed by atoms with van der Waals surface area (Å²) in [7, 11) is 1.81. The lowest BCUT2D eigenvalue weighted by atomic mass is 10.2. The summed E-state index contributed by atoms with van der Waals surface area (Å²) in [5, 5.41) is 7.99. The van der Waals surface area contributed by atoms with Crippen LogP contribution in [0.4, 0.5) is 0 Å². The molecule has 2 aromatic heterocycles. The van der Waals surface area contributed by atoms with Gasteiger partial charge in [0.05, 0.1) is 11.8 Å². The molecule has 0 saturated heterocycles. The molecule has 0 aliphatic rings. The van der Waals surface area contributed by atoms with Crippen LogP contribution in [0.15, 0.2) is 41.2 Å². The van der Waals surface area contributed by atoms with Crippen LogP contribution in [0.1, 0.15) is 0 Å². The van der Waals surface area contributed by atoms with Gasteiger partial charge in [0.1, 0.15) is 5.75 Å². The van der Waals surface area contributed by atoms with Crippen molar-refractivity contribution in [1.29, 1.82) is 0 Å². The molecule has 1 aromatic carbocycles. The van der Waals surface area contributed by atoms with Crippen molar-refractivity contribution in [3.63, 3.8) is 0 Å². The van der Waals surface area contributed by atoms with Gasteiger partial charge in [-0.05, 0) is 24.3 Å². The number of carbonyl (C=O) groups is 1. The Morgan fingerprint density at radius 1 is 1.32 bits per heavy atom. The minimum Gasteiger partial charge on any atom is -0.484 e. The molecule has 0 unspecified atom stereocenters. The van der Waals surface area contributed by atoms with E-state index in [0.717, 1.165) is 11.1 Å². The highest BCUT2D eigenvalue weighted by Gasteiger charge is 2.12.